The Morgan fingerprint density at radius 3 is 2.46 bits per heavy atom. The number of hydrogen-bond acceptors (Lipinski definition) is 4. The quantitative estimate of drug-likeness (QED) is 0.739. The first-order valence-corrected chi connectivity index (χ1v) is 7.90. The van der Waals surface area contributed by atoms with Crippen LogP contribution in [0.25, 0.3) is 0 Å². The predicted molar refractivity (Wildman–Crippen MR) is 99.6 cm³/mol. The molecule has 2 N–H and O–H groups in total. The molecule has 0 bridgehead atoms. The van der Waals surface area contributed by atoms with Gasteiger partial charge in [-0.05, 0) is 36.8 Å². The average Bonchev–Trinajstić information content (AvgIpc) is 2.58. The Bertz CT molecular complexity index is 607. The number of rotatable bonds is 8. The molecule has 2 atom stereocenters. The Labute approximate surface area is 154 Å². The van der Waals surface area contributed by atoms with Crippen molar-refractivity contribution in [1.29, 1.82) is 0 Å². The van der Waals surface area contributed by atoms with E-state index in [-0.39, 0.29) is 25.1 Å². The summed E-state index contributed by atoms with van der Waals surface area (Å²) < 4.78 is 10.7. The molecule has 4 nitrogen and oxygen atoms in total. The third-order valence-corrected chi connectivity index (χ3v) is 3.77. The molecule has 0 fully saturated rings. The van der Waals surface area contributed by atoms with E-state index in [1.807, 2.05) is 49.4 Å². The van der Waals surface area contributed by atoms with Crippen molar-refractivity contribution in [2.45, 2.75) is 19.1 Å². The maximum Gasteiger partial charge on any atom is 0.123 e. The van der Waals surface area contributed by atoms with E-state index in [4.69, 9.17) is 21.1 Å². The van der Waals surface area contributed by atoms with Crippen LogP contribution in [0.2, 0.25) is 5.02 Å². The van der Waals surface area contributed by atoms with Gasteiger partial charge in [0.2, 0.25) is 0 Å². The summed E-state index contributed by atoms with van der Waals surface area (Å²) in [5, 5.41) is 14.0. The number of hydrogen-bond donors (Lipinski definition) is 2. The van der Waals surface area contributed by atoms with Gasteiger partial charge in [-0.3, -0.25) is 0 Å². The zero-order valence-corrected chi connectivity index (χ0v) is 15.3. The SMILES string of the molecule is COc1cccc(OCC(O)CNC(C)c2ccc(Cl)cc2)c1.Cl. The van der Waals surface area contributed by atoms with Gasteiger partial charge >= 0.3 is 0 Å². The molecule has 0 heterocycles. The lowest BCUT2D eigenvalue weighted by atomic mass is 10.1. The smallest absolute Gasteiger partial charge is 0.123 e. The highest BCUT2D eigenvalue weighted by Gasteiger charge is 2.10. The van der Waals surface area contributed by atoms with E-state index in [1.54, 1.807) is 13.2 Å². The second-order valence-corrected chi connectivity index (χ2v) is 5.76. The van der Waals surface area contributed by atoms with Crippen molar-refractivity contribution in [1.82, 2.24) is 5.32 Å². The van der Waals surface area contributed by atoms with Gasteiger partial charge in [0, 0.05) is 23.7 Å². The van der Waals surface area contributed by atoms with Gasteiger partial charge in [0.15, 0.2) is 0 Å². The van der Waals surface area contributed by atoms with Crippen LogP contribution in [-0.2, 0) is 0 Å². The minimum atomic E-state index is -0.601. The summed E-state index contributed by atoms with van der Waals surface area (Å²) in [6.45, 7) is 2.69. The molecule has 2 aromatic rings. The van der Waals surface area contributed by atoms with E-state index >= 15 is 0 Å². The monoisotopic (exact) mass is 371 g/mol. The number of aliphatic hydroxyl groups is 1. The minimum Gasteiger partial charge on any atom is -0.497 e. The predicted octanol–water partition coefficient (Wildman–Crippen LogP) is 3.86. The van der Waals surface area contributed by atoms with Crippen molar-refractivity contribution in [3.8, 4) is 11.5 Å². The number of methoxy groups -OCH3 is 1. The minimum absolute atomic E-state index is 0. The second-order valence-electron chi connectivity index (χ2n) is 5.33. The lowest BCUT2D eigenvalue weighted by Crippen LogP contribution is -2.33. The molecule has 24 heavy (non-hydrogen) atoms. The maximum atomic E-state index is 10.0. The molecule has 0 aliphatic heterocycles. The summed E-state index contributed by atoms with van der Waals surface area (Å²) in [5.41, 5.74) is 1.12. The number of halogens is 2. The highest BCUT2D eigenvalue weighted by Crippen LogP contribution is 2.19. The maximum absolute atomic E-state index is 10.0. The largest absolute Gasteiger partial charge is 0.497 e. The molecule has 0 saturated carbocycles. The van der Waals surface area contributed by atoms with Crippen molar-refractivity contribution in [2.24, 2.45) is 0 Å². The van der Waals surface area contributed by atoms with Crippen LogP contribution in [0.5, 0.6) is 11.5 Å². The molecule has 6 heteroatoms. The standard InChI is InChI=1S/C18H22ClNO3.ClH/c1-13(14-6-8-15(19)9-7-14)20-11-16(21)12-23-18-5-3-4-17(10-18)22-2;/h3-10,13,16,20-21H,11-12H2,1-2H3;1H. The molecule has 0 saturated heterocycles. The van der Waals surface area contributed by atoms with Crippen LogP contribution in [0.4, 0.5) is 0 Å². The van der Waals surface area contributed by atoms with Gasteiger partial charge < -0.3 is 19.9 Å². The summed E-state index contributed by atoms with van der Waals surface area (Å²) in [4.78, 5) is 0. The van der Waals surface area contributed by atoms with E-state index in [9.17, 15) is 5.11 Å². The van der Waals surface area contributed by atoms with Crippen LogP contribution in [0.1, 0.15) is 18.5 Å². The number of nitrogens with one attached hydrogen (secondary N) is 1. The zero-order chi connectivity index (χ0) is 16.7. The van der Waals surface area contributed by atoms with E-state index in [1.165, 1.54) is 0 Å². The van der Waals surface area contributed by atoms with Crippen LogP contribution in [0, 0.1) is 0 Å². The molecule has 132 valence electrons. The van der Waals surface area contributed by atoms with Crippen molar-refractivity contribution < 1.29 is 14.6 Å². The molecule has 0 aliphatic carbocycles. The van der Waals surface area contributed by atoms with Crippen LogP contribution in [0.3, 0.4) is 0 Å². The lowest BCUT2D eigenvalue weighted by Gasteiger charge is -2.18. The van der Waals surface area contributed by atoms with Crippen molar-refractivity contribution in [3.63, 3.8) is 0 Å². The molecule has 2 aromatic carbocycles. The van der Waals surface area contributed by atoms with Gasteiger partial charge in [-0.1, -0.05) is 29.8 Å². The normalized spacial score (nSPS) is 12.8. The molecule has 0 radical (unpaired) electrons. The fourth-order valence-corrected chi connectivity index (χ4v) is 2.25. The topological polar surface area (TPSA) is 50.7 Å². The fraction of sp³-hybridized carbons (Fsp3) is 0.333. The summed E-state index contributed by atoms with van der Waals surface area (Å²) >= 11 is 5.88. The first kappa shape index (κ1) is 20.6. The Morgan fingerprint density at radius 2 is 1.79 bits per heavy atom. The first-order chi connectivity index (χ1) is 11.1. The molecular formula is C18H23Cl2NO3. The summed E-state index contributed by atoms with van der Waals surface area (Å²) in [6, 6.07) is 15.1. The van der Waals surface area contributed by atoms with Gasteiger partial charge in [-0.15, -0.1) is 12.4 Å². The third-order valence-electron chi connectivity index (χ3n) is 3.51. The highest BCUT2D eigenvalue weighted by atomic mass is 35.5. The Kier molecular flexibility index (Phi) is 8.93. The second kappa shape index (κ2) is 10.4. The van der Waals surface area contributed by atoms with E-state index in [0.29, 0.717) is 17.3 Å². The van der Waals surface area contributed by atoms with Crippen molar-refractivity contribution >= 4 is 24.0 Å². The average molecular weight is 372 g/mol. The summed E-state index contributed by atoms with van der Waals surface area (Å²) in [6.07, 6.45) is -0.601. The van der Waals surface area contributed by atoms with Gasteiger partial charge in [-0.25, -0.2) is 0 Å². The molecule has 2 rings (SSSR count). The van der Waals surface area contributed by atoms with Crippen LogP contribution in [0.15, 0.2) is 48.5 Å². The highest BCUT2D eigenvalue weighted by molar-refractivity contribution is 6.30. The Balaban J connectivity index is 0.00000288. The lowest BCUT2D eigenvalue weighted by molar-refractivity contribution is 0.104. The van der Waals surface area contributed by atoms with E-state index in [2.05, 4.69) is 5.32 Å². The number of aliphatic hydroxyl groups excluding tert-OH is 1. The molecule has 0 aromatic heterocycles. The van der Waals surface area contributed by atoms with Gasteiger partial charge in [0.1, 0.15) is 24.2 Å². The summed E-state index contributed by atoms with van der Waals surface area (Å²) in [7, 11) is 1.61. The van der Waals surface area contributed by atoms with Crippen LogP contribution < -0.4 is 14.8 Å². The Hall–Kier alpha value is -1.46. The Morgan fingerprint density at radius 1 is 1.12 bits per heavy atom. The molecular weight excluding hydrogens is 349 g/mol. The van der Waals surface area contributed by atoms with Gasteiger partial charge in [0.25, 0.3) is 0 Å². The molecule has 0 amide bonds. The fourth-order valence-electron chi connectivity index (χ4n) is 2.12. The van der Waals surface area contributed by atoms with E-state index < -0.39 is 6.10 Å². The van der Waals surface area contributed by atoms with Crippen molar-refractivity contribution in [2.75, 3.05) is 20.3 Å². The van der Waals surface area contributed by atoms with Crippen molar-refractivity contribution in [3.05, 3.63) is 59.1 Å². The molecule has 2 unspecified atom stereocenters. The molecule has 0 spiro atoms. The van der Waals surface area contributed by atoms with Gasteiger partial charge in [0.05, 0.1) is 7.11 Å². The molecule has 0 aliphatic rings. The van der Waals surface area contributed by atoms with Gasteiger partial charge in [-0.2, -0.15) is 0 Å². The zero-order valence-electron chi connectivity index (χ0n) is 13.7. The van der Waals surface area contributed by atoms with E-state index in [0.717, 1.165) is 11.3 Å². The summed E-state index contributed by atoms with van der Waals surface area (Å²) in [5.74, 6) is 1.40. The third kappa shape index (κ3) is 6.57. The van der Waals surface area contributed by atoms with Crippen LogP contribution in [-0.4, -0.2) is 31.5 Å². The first-order valence-electron chi connectivity index (χ1n) is 7.52. The number of ether oxygens (including phenoxy) is 2. The van der Waals surface area contributed by atoms with Crippen LogP contribution >= 0.6 is 24.0 Å². The number of benzene rings is 2.